The minimum absolute atomic E-state index is 0.0923. The summed E-state index contributed by atoms with van der Waals surface area (Å²) in [6, 6.07) is 27.5. The summed E-state index contributed by atoms with van der Waals surface area (Å²) < 4.78 is 6.23. The normalized spacial score (nSPS) is 15.7. The Morgan fingerprint density at radius 1 is 0.800 bits per heavy atom. The number of hydrogen-bond donors (Lipinski definition) is 0. The molecule has 0 spiro atoms. The van der Waals surface area contributed by atoms with Crippen LogP contribution in [0.4, 0.5) is 0 Å². The third-order valence-corrected chi connectivity index (χ3v) is 4.42. The molecule has 0 aromatic heterocycles. The van der Waals surface area contributed by atoms with E-state index in [0.29, 0.717) is 6.42 Å². The van der Waals surface area contributed by atoms with Gasteiger partial charge in [0, 0.05) is 16.7 Å². The van der Waals surface area contributed by atoms with Gasteiger partial charge in [0.1, 0.15) is 11.9 Å². The van der Waals surface area contributed by atoms with Crippen LogP contribution in [-0.4, -0.2) is 5.78 Å². The van der Waals surface area contributed by atoms with Gasteiger partial charge >= 0.3 is 0 Å². The molecule has 4 rings (SSSR count). The lowest BCUT2D eigenvalue weighted by atomic mass is 9.93. The van der Waals surface area contributed by atoms with Crippen LogP contribution in [0.2, 0.25) is 0 Å². The van der Waals surface area contributed by atoms with Crippen LogP contribution in [0.3, 0.4) is 0 Å². The maximum atomic E-state index is 12.7. The van der Waals surface area contributed by atoms with E-state index in [-0.39, 0.29) is 11.9 Å². The quantitative estimate of drug-likeness (QED) is 0.589. The van der Waals surface area contributed by atoms with E-state index in [1.165, 1.54) is 0 Å². The molecule has 1 unspecified atom stereocenters. The highest BCUT2D eigenvalue weighted by molar-refractivity contribution is 5.96. The SMILES string of the molecule is O=C(CC1OC(c2ccccc2)=Cc2ccccc21)c1ccccc1. The monoisotopic (exact) mass is 326 g/mol. The maximum absolute atomic E-state index is 12.7. The molecule has 0 amide bonds. The third kappa shape index (κ3) is 3.24. The summed E-state index contributed by atoms with van der Waals surface area (Å²) in [5.41, 5.74) is 3.92. The van der Waals surface area contributed by atoms with E-state index in [0.717, 1.165) is 28.0 Å². The molecule has 1 atom stereocenters. The average molecular weight is 326 g/mol. The highest BCUT2D eigenvalue weighted by atomic mass is 16.5. The molecule has 25 heavy (non-hydrogen) atoms. The van der Waals surface area contributed by atoms with Gasteiger partial charge in [-0.05, 0) is 11.6 Å². The molecule has 0 saturated carbocycles. The highest BCUT2D eigenvalue weighted by Gasteiger charge is 2.25. The van der Waals surface area contributed by atoms with E-state index in [1.807, 2.05) is 84.9 Å². The van der Waals surface area contributed by atoms with Crippen LogP contribution in [0.25, 0.3) is 11.8 Å². The second-order valence-corrected chi connectivity index (χ2v) is 6.10. The van der Waals surface area contributed by atoms with Crippen LogP contribution in [0.5, 0.6) is 0 Å². The smallest absolute Gasteiger partial charge is 0.166 e. The third-order valence-electron chi connectivity index (χ3n) is 4.42. The molecule has 0 aliphatic carbocycles. The van der Waals surface area contributed by atoms with Crippen molar-refractivity contribution in [3.05, 3.63) is 107 Å². The summed E-state index contributed by atoms with van der Waals surface area (Å²) in [4.78, 5) is 12.7. The van der Waals surface area contributed by atoms with Gasteiger partial charge in [-0.25, -0.2) is 0 Å². The Balaban J connectivity index is 1.66. The second-order valence-electron chi connectivity index (χ2n) is 6.10. The average Bonchev–Trinajstić information content (AvgIpc) is 2.69. The van der Waals surface area contributed by atoms with Crippen molar-refractivity contribution < 1.29 is 9.53 Å². The molecule has 0 saturated heterocycles. The molecule has 1 heterocycles. The number of ether oxygens (including phenoxy) is 1. The highest BCUT2D eigenvalue weighted by Crippen LogP contribution is 2.37. The van der Waals surface area contributed by atoms with E-state index in [2.05, 4.69) is 6.07 Å². The van der Waals surface area contributed by atoms with Crippen LogP contribution in [0.1, 0.15) is 39.6 Å². The van der Waals surface area contributed by atoms with Gasteiger partial charge in [0.15, 0.2) is 5.78 Å². The van der Waals surface area contributed by atoms with Crippen LogP contribution < -0.4 is 0 Å². The Bertz CT molecular complexity index is 911. The van der Waals surface area contributed by atoms with E-state index in [1.54, 1.807) is 0 Å². The largest absolute Gasteiger partial charge is 0.485 e. The zero-order valence-corrected chi connectivity index (χ0v) is 13.8. The van der Waals surface area contributed by atoms with Crippen molar-refractivity contribution in [2.24, 2.45) is 0 Å². The van der Waals surface area contributed by atoms with Crippen molar-refractivity contribution >= 4 is 17.6 Å². The molecule has 2 heteroatoms. The molecule has 1 aliphatic rings. The van der Waals surface area contributed by atoms with Crippen molar-refractivity contribution in [1.82, 2.24) is 0 Å². The Labute approximate surface area is 147 Å². The van der Waals surface area contributed by atoms with Crippen molar-refractivity contribution in [3.8, 4) is 0 Å². The van der Waals surface area contributed by atoms with Gasteiger partial charge in [0.25, 0.3) is 0 Å². The van der Waals surface area contributed by atoms with Crippen molar-refractivity contribution in [3.63, 3.8) is 0 Å². The lowest BCUT2D eigenvalue weighted by Crippen LogP contribution is -2.14. The fraction of sp³-hybridized carbons (Fsp3) is 0.0870. The summed E-state index contributed by atoms with van der Waals surface area (Å²) in [5, 5.41) is 0. The lowest BCUT2D eigenvalue weighted by molar-refractivity contribution is 0.0872. The van der Waals surface area contributed by atoms with E-state index < -0.39 is 0 Å². The number of carbonyl (C=O) groups is 1. The van der Waals surface area contributed by atoms with Gasteiger partial charge in [-0.15, -0.1) is 0 Å². The number of hydrogen-bond acceptors (Lipinski definition) is 2. The molecular formula is C23H18O2. The van der Waals surface area contributed by atoms with Crippen LogP contribution in [-0.2, 0) is 4.74 Å². The first-order valence-electron chi connectivity index (χ1n) is 8.42. The molecule has 122 valence electrons. The van der Waals surface area contributed by atoms with E-state index >= 15 is 0 Å². The molecule has 0 radical (unpaired) electrons. The molecular weight excluding hydrogens is 308 g/mol. The molecule has 0 N–H and O–H groups in total. The van der Waals surface area contributed by atoms with Crippen molar-refractivity contribution in [2.75, 3.05) is 0 Å². The van der Waals surface area contributed by atoms with Crippen molar-refractivity contribution in [2.45, 2.75) is 12.5 Å². The number of fused-ring (bicyclic) bond motifs is 1. The second kappa shape index (κ2) is 6.78. The first kappa shape index (κ1) is 15.4. The molecule has 3 aromatic rings. The minimum Gasteiger partial charge on any atom is -0.485 e. The zero-order valence-electron chi connectivity index (χ0n) is 13.8. The van der Waals surface area contributed by atoms with Crippen LogP contribution >= 0.6 is 0 Å². The summed E-state index contributed by atoms with van der Waals surface area (Å²) in [6.07, 6.45) is 2.10. The van der Waals surface area contributed by atoms with Gasteiger partial charge in [-0.3, -0.25) is 4.79 Å². The summed E-state index contributed by atoms with van der Waals surface area (Å²) >= 11 is 0. The number of ketones is 1. The first-order chi connectivity index (χ1) is 12.3. The Morgan fingerprint density at radius 3 is 2.20 bits per heavy atom. The van der Waals surface area contributed by atoms with Gasteiger partial charge in [0.2, 0.25) is 0 Å². The fourth-order valence-corrected chi connectivity index (χ4v) is 3.14. The Hall–Kier alpha value is -3.13. The fourth-order valence-electron chi connectivity index (χ4n) is 3.14. The zero-order chi connectivity index (χ0) is 17.1. The number of carbonyl (C=O) groups excluding carboxylic acids is 1. The molecule has 2 nitrogen and oxygen atoms in total. The minimum atomic E-state index is -0.274. The van der Waals surface area contributed by atoms with E-state index in [4.69, 9.17) is 4.74 Å². The topological polar surface area (TPSA) is 26.3 Å². The Kier molecular flexibility index (Phi) is 4.17. The summed E-state index contributed by atoms with van der Waals surface area (Å²) in [7, 11) is 0. The maximum Gasteiger partial charge on any atom is 0.166 e. The lowest BCUT2D eigenvalue weighted by Gasteiger charge is -2.27. The molecule has 0 bridgehead atoms. The van der Waals surface area contributed by atoms with Crippen molar-refractivity contribution in [1.29, 1.82) is 0 Å². The Morgan fingerprint density at radius 2 is 1.44 bits per heavy atom. The first-order valence-corrected chi connectivity index (χ1v) is 8.42. The standard InChI is InChI=1S/C23H18O2/c24-21(17-9-3-1-4-10-17)16-23-20-14-8-7-13-19(20)15-22(25-23)18-11-5-2-6-12-18/h1-15,23H,16H2. The van der Waals surface area contributed by atoms with Crippen LogP contribution in [0, 0.1) is 0 Å². The van der Waals surface area contributed by atoms with Gasteiger partial charge in [0.05, 0.1) is 6.42 Å². The van der Waals surface area contributed by atoms with Gasteiger partial charge in [-0.2, -0.15) is 0 Å². The predicted molar refractivity (Wildman–Crippen MR) is 100.0 cm³/mol. The van der Waals surface area contributed by atoms with Crippen LogP contribution in [0.15, 0.2) is 84.9 Å². The van der Waals surface area contributed by atoms with E-state index in [9.17, 15) is 4.79 Å². The van der Waals surface area contributed by atoms with Gasteiger partial charge in [-0.1, -0.05) is 84.9 Å². The number of Topliss-reactive ketones (excluding diaryl/α,β-unsaturated/α-hetero) is 1. The molecule has 3 aromatic carbocycles. The van der Waals surface area contributed by atoms with Gasteiger partial charge < -0.3 is 4.74 Å². The number of benzene rings is 3. The summed E-state index contributed by atoms with van der Waals surface area (Å²) in [6.45, 7) is 0. The molecule has 0 fully saturated rings. The number of rotatable bonds is 4. The predicted octanol–water partition coefficient (Wildman–Crippen LogP) is 5.53. The summed E-state index contributed by atoms with van der Waals surface area (Å²) in [5.74, 6) is 0.903. The molecule has 1 aliphatic heterocycles.